The molecule has 2 heterocycles. The second-order valence-corrected chi connectivity index (χ2v) is 5.66. The summed E-state index contributed by atoms with van der Waals surface area (Å²) in [5.41, 5.74) is 0.230. The van der Waals surface area contributed by atoms with Gasteiger partial charge in [-0.2, -0.15) is 0 Å². The van der Waals surface area contributed by atoms with Gasteiger partial charge in [-0.05, 0) is 39.0 Å². The van der Waals surface area contributed by atoms with E-state index in [1.165, 1.54) is 6.07 Å². The molecule has 0 saturated carbocycles. The smallest absolute Gasteiger partial charge is 0.257 e. The van der Waals surface area contributed by atoms with E-state index in [0.717, 1.165) is 5.76 Å². The molecule has 0 bridgehead atoms. The molecule has 0 aliphatic carbocycles. The van der Waals surface area contributed by atoms with E-state index >= 15 is 0 Å². The van der Waals surface area contributed by atoms with Crippen LogP contribution in [0.4, 0.5) is 0 Å². The normalized spacial score (nSPS) is 11.0. The standard InChI is InChI=1S/C14H15Cl2N3O2/c1-8(2)19(7-10-5-4-9(3)21-10)14(20)11-6-12(15)17-18-13(11)16/h4-6,8H,7H2,1-3H3. The Morgan fingerprint density at radius 2 is 2.05 bits per heavy atom. The summed E-state index contributed by atoms with van der Waals surface area (Å²) in [7, 11) is 0. The number of hydrogen-bond donors (Lipinski definition) is 0. The first-order valence-electron chi connectivity index (χ1n) is 6.43. The number of furan rings is 1. The van der Waals surface area contributed by atoms with Gasteiger partial charge in [0.1, 0.15) is 11.5 Å². The lowest BCUT2D eigenvalue weighted by molar-refractivity contribution is 0.0675. The lowest BCUT2D eigenvalue weighted by Crippen LogP contribution is -2.36. The maximum absolute atomic E-state index is 12.6. The first kappa shape index (κ1) is 15.8. The number of aromatic nitrogens is 2. The van der Waals surface area contributed by atoms with Crippen molar-refractivity contribution in [2.75, 3.05) is 0 Å². The molecular formula is C14H15Cl2N3O2. The third kappa shape index (κ3) is 3.74. The number of carbonyl (C=O) groups is 1. The zero-order chi connectivity index (χ0) is 15.6. The molecule has 2 rings (SSSR count). The van der Waals surface area contributed by atoms with Crippen LogP contribution in [0.15, 0.2) is 22.6 Å². The van der Waals surface area contributed by atoms with Crippen molar-refractivity contribution in [3.05, 3.63) is 45.6 Å². The molecule has 0 atom stereocenters. The van der Waals surface area contributed by atoms with Crippen molar-refractivity contribution >= 4 is 29.1 Å². The highest BCUT2D eigenvalue weighted by Gasteiger charge is 2.23. The third-order valence-corrected chi connectivity index (χ3v) is 3.42. The van der Waals surface area contributed by atoms with Crippen LogP contribution in [0.5, 0.6) is 0 Å². The molecule has 0 aliphatic heterocycles. The molecule has 0 spiro atoms. The van der Waals surface area contributed by atoms with Gasteiger partial charge in [-0.1, -0.05) is 23.2 Å². The Bertz CT molecular complexity index is 655. The zero-order valence-corrected chi connectivity index (χ0v) is 13.4. The number of halogens is 2. The number of amides is 1. The summed E-state index contributed by atoms with van der Waals surface area (Å²) in [4.78, 5) is 14.3. The quantitative estimate of drug-likeness (QED) is 0.858. The molecule has 0 fully saturated rings. The third-order valence-electron chi connectivity index (χ3n) is 2.96. The van der Waals surface area contributed by atoms with Crippen molar-refractivity contribution < 1.29 is 9.21 Å². The summed E-state index contributed by atoms with van der Waals surface area (Å²) in [5, 5.41) is 7.43. The van der Waals surface area contributed by atoms with Crippen molar-refractivity contribution in [1.29, 1.82) is 0 Å². The fraction of sp³-hybridized carbons (Fsp3) is 0.357. The van der Waals surface area contributed by atoms with Gasteiger partial charge in [0.05, 0.1) is 12.1 Å². The van der Waals surface area contributed by atoms with Crippen LogP contribution in [0.25, 0.3) is 0 Å². The summed E-state index contributed by atoms with van der Waals surface area (Å²) in [5.74, 6) is 1.24. The Balaban J connectivity index is 2.29. The van der Waals surface area contributed by atoms with E-state index in [1.807, 2.05) is 32.9 Å². The highest BCUT2D eigenvalue weighted by Crippen LogP contribution is 2.20. The Hall–Kier alpha value is -1.59. The fourth-order valence-corrected chi connectivity index (χ4v) is 2.20. The summed E-state index contributed by atoms with van der Waals surface area (Å²) >= 11 is 11.7. The molecule has 2 aromatic heterocycles. The van der Waals surface area contributed by atoms with Crippen molar-refractivity contribution in [2.45, 2.75) is 33.4 Å². The van der Waals surface area contributed by atoms with Gasteiger partial charge in [0.15, 0.2) is 10.3 Å². The minimum atomic E-state index is -0.263. The van der Waals surface area contributed by atoms with Gasteiger partial charge in [0, 0.05) is 6.04 Å². The monoisotopic (exact) mass is 327 g/mol. The first-order chi connectivity index (χ1) is 9.88. The highest BCUT2D eigenvalue weighted by molar-refractivity contribution is 6.34. The fourth-order valence-electron chi connectivity index (χ4n) is 1.88. The number of hydrogen-bond acceptors (Lipinski definition) is 4. The predicted octanol–water partition coefficient (Wildman–Crippen LogP) is 3.74. The second-order valence-electron chi connectivity index (χ2n) is 4.91. The van der Waals surface area contributed by atoms with Crippen LogP contribution in [0, 0.1) is 6.92 Å². The molecule has 0 saturated heterocycles. The number of rotatable bonds is 4. The Labute approximate surface area is 132 Å². The average molecular weight is 328 g/mol. The maximum atomic E-state index is 12.6. The minimum absolute atomic E-state index is 0.0330. The van der Waals surface area contributed by atoms with Crippen molar-refractivity contribution in [3.63, 3.8) is 0 Å². The predicted molar refractivity (Wildman–Crippen MR) is 80.5 cm³/mol. The van der Waals surface area contributed by atoms with Crippen LogP contribution in [0.2, 0.25) is 10.3 Å². The number of nitrogens with zero attached hydrogens (tertiary/aromatic N) is 3. The van der Waals surface area contributed by atoms with Gasteiger partial charge in [0.2, 0.25) is 0 Å². The molecule has 1 amide bonds. The van der Waals surface area contributed by atoms with Gasteiger partial charge >= 0.3 is 0 Å². The van der Waals surface area contributed by atoms with E-state index in [4.69, 9.17) is 27.6 Å². The van der Waals surface area contributed by atoms with Crippen LogP contribution in [0.3, 0.4) is 0 Å². The van der Waals surface area contributed by atoms with E-state index in [2.05, 4.69) is 10.2 Å². The number of aryl methyl sites for hydroxylation is 1. The topological polar surface area (TPSA) is 59.2 Å². The van der Waals surface area contributed by atoms with E-state index in [1.54, 1.807) is 4.90 Å². The highest BCUT2D eigenvalue weighted by atomic mass is 35.5. The Morgan fingerprint density at radius 1 is 1.33 bits per heavy atom. The zero-order valence-electron chi connectivity index (χ0n) is 11.9. The Kier molecular flexibility index (Phi) is 4.85. The second kappa shape index (κ2) is 6.45. The number of carbonyl (C=O) groups excluding carboxylic acids is 1. The van der Waals surface area contributed by atoms with E-state index < -0.39 is 0 Å². The summed E-state index contributed by atoms with van der Waals surface area (Å²) in [6, 6.07) is 5.08. The van der Waals surface area contributed by atoms with Crippen molar-refractivity contribution in [2.24, 2.45) is 0 Å². The molecule has 0 unspecified atom stereocenters. The van der Waals surface area contributed by atoms with Gasteiger partial charge < -0.3 is 9.32 Å². The van der Waals surface area contributed by atoms with Gasteiger partial charge in [0.25, 0.3) is 5.91 Å². The molecule has 7 heteroatoms. The van der Waals surface area contributed by atoms with Crippen LogP contribution in [0.1, 0.15) is 35.7 Å². The van der Waals surface area contributed by atoms with Crippen LogP contribution >= 0.6 is 23.2 Å². The summed E-state index contributed by atoms with van der Waals surface area (Å²) in [6.45, 7) is 6.03. The Morgan fingerprint density at radius 3 is 2.62 bits per heavy atom. The molecule has 112 valence electrons. The summed E-state index contributed by atoms with van der Waals surface area (Å²) in [6.07, 6.45) is 0. The van der Waals surface area contributed by atoms with Crippen molar-refractivity contribution in [1.82, 2.24) is 15.1 Å². The van der Waals surface area contributed by atoms with Crippen molar-refractivity contribution in [3.8, 4) is 0 Å². The SMILES string of the molecule is Cc1ccc(CN(C(=O)c2cc(Cl)nnc2Cl)C(C)C)o1. The van der Waals surface area contributed by atoms with Crippen LogP contribution in [-0.4, -0.2) is 27.0 Å². The molecule has 0 aromatic carbocycles. The lowest BCUT2D eigenvalue weighted by atomic mass is 10.2. The largest absolute Gasteiger partial charge is 0.464 e. The lowest BCUT2D eigenvalue weighted by Gasteiger charge is -2.26. The van der Waals surface area contributed by atoms with E-state index in [-0.39, 0.29) is 27.8 Å². The van der Waals surface area contributed by atoms with Crippen LogP contribution in [-0.2, 0) is 6.54 Å². The van der Waals surface area contributed by atoms with Gasteiger partial charge in [-0.15, -0.1) is 10.2 Å². The summed E-state index contributed by atoms with van der Waals surface area (Å²) < 4.78 is 5.52. The minimum Gasteiger partial charge on any atom is -0.464 e. The molecule has 0 N–H and O–H groups in total. The first-order valence-corrected chi connectivity index (χ1v) is 7.19. The molecule has 0 aliphatic rings. The van der Waals surface area contributed by atoms with Crippen LogP contribution < -0.4 is 0 Å². The van der Waals surface area contributed by atoms with Gasteiger partial charge in [-0.3, -0.25) is 4.79 Å². The average Bonchev–Trinajstić information content (AvgIpc) is 2.83. The van der Waals surface area contributed by atoms with E-state index in [0.29, 0.717) is 12.3 Å². The maximum Gasteiger partial charge on any atom is 0.257 e. The molecule has 0 radical (unpaired) electrons. The molecule has 5 nitrogen and oxygen atoms in total. The molecular weight excluding hydrogens is 313 g/mol. The van der Waals surface area contributed by atoms with Gasteiger partial charge in [-0.25, -0.2) is 0 Å². The molecule has 21 heavy (non-hydrogen) atoms. The molecule has 2 aromatic rings. The van der Waals surface area contributed by atoms with E-state index in [9.17, 15) is 4.79 Å².